The number of halogens is 1. The molecule has 0 radical (unpaired) electrons. The predicted octanol–water partition coefficient (Wildman–Crippen LogP) is 2.25. The molecule has 7 nitrogen and oxygen atoms in total. The fourth-order valence-electron chi connectivity index (χ4n) is 4.11. The lowest BCUT2D eigenvalue weighted by Crippen LogP contribution is -2.55. The summed E-state index contributed by atoms with van der Waals surface area (Å²) in [5, 5.41) is 51.8. The molecule has 0 aromatic heterocycles. The molecule has 6 atom stereocenters. The highest BCUT2D eigenvalue weighted by molar-refractivity contribution is 9.10. The smallest absolute Gasteiger partial charge is 0.125 e. The summed E-state index contributed by atoms with van der Waals surface area (Å²) in [6, 6.07) is 10.9. The van der Waals surface area contributed by atoms with Gasteiger partial charge in [0.1, 0.15) is 42.4 Å². The summed E-state index contributed by atoms with van der Waals surface area (Å²) in [7, 11) is 1.49. The minimum atomic E-state index is -1.51. The van der Waals surface area contributed by atoms with Crippen LogP contribution in [0.4, 0.5) is 0 Å². The zero-order valence-electron chi connectivity index (χ0n) is 18.4. The fraction of sp³-hybridized carbons (Fsp3) is 0.500. The number of aliphatic hydroxyl groups excluding tert-OH is 5. The third-order valence-corrected chi connectivity index (χ3v) is 6.33. The number of ether oxygens (including phenoxy) is 2. The van der Waals surface area contributed by atoms with Gasteiger partial charge in [0.2, 0.25) is 0 Å². The summed E-state index contributed by atoms with van der Waals surface area (Å²) in [6.07, 6.45) is -6.77. The van der Waals surface area contributed by atoms with Gasteiger partial charge in [-0.3, -0.25) is 0 Å². The van der Waals surface area contributed by atoms with Crippen LogP contribution in [0.1, 0.15) is 48.3 Å². The second-order valence-electron chi connectivity index (χ2n) is 8.59. The monoisotopic (exact) mass is 510 g/mol. The van der Waals surface area contributed by atoms with Crippen molar-refractivity contribution >= 4 is 15.9 Å². The molecule has 0 aliphatic carbocycles. The molecule has 176 valence electrons. The molecule has 2 aromatic rings. The van der Waals surface area contributed by atoms with Crippen molar-refractivity contribution in [2.24, 2.45) is 5.92 Å². The first-order valence-corrected chi connectivity index (χ1v) is 11.4. The molecule has 1 heterocycles. The van der Waals surface area contributed by atoms with Gasteiger partial charge in [-0.25, -0.2) is 0 Å². The molecular formula is C24H31BrO7. The van der Waals surface area contributed by atoms with Crippen LogP contribution in [0, 0.1) is 5.92 Å². The highest BCUT2D eigenvalue weighted by Gasteiger charge is 2.45. The Balaban J connectivity index is 2.12. The minimum Gasteiger partial charge on any atom is -0.496 e. The molecule has 1 saturated heterocycles. The maximum absolute atomic E-state index is 11.2. The van der Waals surface area contributed by atoms with Crippen LogP contribution in [0.2, 0.25) is 0 Å². The molecule has 0 saturated carbocycles. The van der Waals surface area contributed by atoms with Crippen LogP contribution >= 0.6 is 15.9 Å². The van der Waals surface area contributed by atoms with Crippen molar-refractivity contribution in [3.8, 4) is 5.75 Å². The molecule has 0 amide bonds. The van der Waals surface area contributed by atoms with E-state index in [2.05, 4.69) is 29.8 Å². The Bertz CT molecular complexity index is 900. The van der Waals surface area contributed by atoms with Gasteiger partial charge in [-0.2, -0.15) is 0 Å². The van der Waals surface area contributed by atoms with Crippen molar-refractivity contribution in [3.63, 3.8) is 0 Å². The van der Waals surface area contributed by atoms with Gasteiger partial charge in [-0.1, -0.05) is 41.9 Å². The summed E-state index contributed by atoms with van der Waals surface area (Å²) in [4.78, 5) is 0. The van der Waals surface area contributed by atoms with Gasteiger partial charge < -0.3 is 35.0 Å². The molecule has 5 N–H and O–H groups in total. The maximum atomic E-state index is 11.2. The van der Waals surface area contributed by atoms with Crippen molar-refractivity contribution in [1.82, 2.24) is 0 Å². The predicted molar refractivity (Wildman–Crippen MR) is 122 cm³/mol. The normalized spacial score (nSPS) is 26.9. The number of hydrogen-bond acceptors (Lipinski definition) is 7. The Morgan fingerprint density at radius 3 is 2.25 bits per heavy atom. The van der Waals surface area contributed by atoms with Crippen LogP contribution in [0.5, 0.6) is 5.75 Å². The van der Waals surface area contributed by atoms with E-state index in [1.807, 2.05) is 30.3 Å². The number of hydrogen-bond donors (Lipinski definition) is 5. The van der Waals surface area contributed by atoms with Gasteiger partial charge in [-0.15, -0.1) is 0 Å². The lowest BCUT2D eigenvalue weighted by atomic mass is 9.86. The summed E-state index contributed by atoms with van der Waals surface area (Å²) in [6.45, 7) is 3.63. The van der Waals surface area contributed by atoms with Crippen LogP contribution in [0.3, 0.4) is 0 Å². The van der Waals surface area contributed by atoms with E-state index < -0.39 is 43.2 Å². The number of aliphatic hydroxyl groups is 5. The number of methoxy groups -OCH3 is 1. The van der Waals surface area contributed by atoms with Crippen LogP contribution in [-0.4, -0.2) is 63.7 Å². The molecule has 32 heavy (non-hydrogen) atoms. The topological polar surface area (TPSA) is 120 Å². The lowest BCUT2D eigenvalue weighted by Gasteiger charge is -2.40. The Morgan fingerprint density at radius 2 is 1.69 bits per heavy atom. The molecule has 1 aliphatic heterocycles. The minimum absolute atomic E-state index is 0.314. The quantitative estimate of drug-likeness (QED) is 0.387. The van der Waals surface area contributed by atoms with Crippen molar-refractivity contribution in [1.29, 1.82) is 0 Å². The molecule has 1 aliphatic rings. The zero-order valence-corrected chi connectivity index (χ0v) is 19.9. The second kappa shape index (κ2) is 10.6. The highest BCUT2D eigenvalue weighted by Crippen LogP contribution is 2.41. The van der Waals surface area contributed by atoms with Crippen molar-refractivity contribution in [2.45, 2.75) is 56.9 Å². The standard InChI is InChI=1S/C24H31BrO7/c1-12(2)8-14-9-18(31-3)17(24-23(30)22(29)21(28)19(11-26)32-24)10-16(14)20(27)13-4-6-15(25)7-5-13/h4-7,9-10,12,19-24,26-30H,8,11H2,1-3H3/t19-,20?,21-,22+,23-,24+/m1/s1. The summed E-state index contributed by atoms with van der Waals surface area (Å²) >= 11 is 3.40. The van der Waals surface area contributed by atoms with E-state index in [1.165, 1.54) is 7.11 Å². The summed E-state index contributed by atoms with van der Waals surface area (Å²) in [5.74, 6) is 0.741. The van der Waals surface area contributed by atoms with Crippen molar-refractivity contribution < 1.29 is 35.0 Å². The van der Waals surface area contributed by atoms with Gasteiger partial charge in [0.15, 0.2) is 0 Å². The molecule has 1 unspecified atom stereocenters. The van der Waals surface area contributed by atoms with E-state index in [0.29, 0.717) is 34.8 Å². The Morgan fingerprint density at radius 1 is 1.03 bits per heavy atom. The number of benzene rings is 2. The van der Waals surface area contributed by atoms with E-state index in [0.717, 1.165) is 10.0 Å². The van der Waals surface area contributed by atoms with Gasteiger partial charge in [0, 0.05) is 10.0 Å². The Labute approximate surface area is 196 Å². The van der Waals surface area contributed by atoms with Gasteiger partial charge in [-0.05, 0) is 53.3 Å². The summed E-state index contributed by atoms with van der Waals surface area (Å²) < 4.78 is 12.2. The van der Waals surface area contributed by atoms with Crippen LogP contribution < -0.4 is 4.74 Å². The molecule has 0 bridgehead atoms. The van der Waals surface area contributed by atoms with Crippen molar-refractivity contribution in [3.05, 3.63) is 63.1 Å². The maximum Gasteiger partial charge on any atom is 0.125 e. The highest BCUT2D eigenvalue weighted by atomic mass is 79.9. The van der Waals surface area contributed by atoms with Gasteiger partial charge >= 0.3 is 0 Å². The SMILES string of the molecule is COc1cc(CC(C)C)c(C(O)c2ccc(Br)cc2)cc1[C@@H]1O[C@H](CO)[C@@H](O)[C@H](O)[C@H]1O. The van der Waals surface area contributed by atoms with E-state index in [4.69, 9.17) is 9.47 Å². The van der Waals surface area contributed by atoms with Crippen LogP contribution in [0.15, 0.2) is 40.9 Å². The number of rotatable bonds is 7. The largest absolute Gasteiger partial charge is 0.496 e. The van der Waals surface area contributed by atoms with Gasteiger partial charge in [0.05, 0.1) is 13.7 Å². The van der Waals surface area contributed by atoms with E-state index >= 15 is 0 Å². The van der Waals surface area contributed by atoms with Crippen molar-refractivity contribution in [2.75, 3.05) is 13.7 Å². The molecule has 8 heteroatoms. The molecule has 3 rings (SSSR count). The molecule has 2 aromatic carbocycles. The lowest BCUT2D eigenvalue weighted by molar-refractivity contribution is -0.232. The fourth-order valence-corrected chi connectivity index (χ4v) is 4.37. The third kappa shape index (κ3) is 5.17. The van der Waals surface area contributed by atoms with Crippen LogP contribution in [-0.2, 0) is 11.2 Å². The van der Waals surface area contributed by atoms with Crippen LogP contribution in [0.25, 0.3) is 0 Å². The Kier molecular flexibility index (Phi) is 8.32. The molecule has 1 fully saturated rings. The molecule has 0 spiro atoms. The van der Waals surface area contributed by atoms with Gasteiger partial charge in [0.25, 0.3) is 0 Å². The zero-order chi connectivity index (χ0) is 23.6. The average molecular weight is 511 g/mol. The van der Waals surface area contributed by atoms with E-state index in [-0.39, 0.29) is 0 Å². The van der Waals surface area contributed by atoms with E-state index in [9.17, 15) is 25.5 Å². The van der Waals surface area contributed by atoms with E-state index in [1.54, 1.807) is 6.07 Å². The molecular weight excluding hydrogens is 480 g/mol. The first kappa shape index (κ1) is 25.1. The third-order valence-electron chi connectivity index (χ3n) is 5.80. The first-order valence-electron chi connectivity index (χ1n) is 10.6. The summed E-state index contributed by atoms with van der Waals surface area (Å²) in [5.41, 5.74) is 2.64. The average Bonchev–Trinajstić information content (AvgIpc) is 2.77. The first-order chi connectivity index (χ1) is 15.2. The second-order valence-corrected chi connectivity index (χ2v) is 9.51. The Hall–Kier alpha value is -1.52.